The number of carboxylic acid groups (broad SMARTS) is 1. The third kappa shape index (κ3) is 4.81. The van der Waals surface area contributed by atoms with Crippen molar-refractivity contribution in [1.29, 1.82) is 5.26 Å². The van der Waals surface area contributed by atoms with Crippen molar-refractivity contribution in [2.24, 2.45) is 0 Å². The Bertz CT molecular complexity index is 741. The molecule has 1 aliphatic rings. The van der Waals surface area contributed by atoms with Gasteiger partial charge < -0.3 is 20.2 Å². The summed E-state index contributed by atoms with van der Waals surface area (Å²) in [6.07, 6.45) is 1.48. The summed E-state index contributed by atoms with van der Waals surface area (Å²) in [4.78, 5) is 37.8. The van der Waals surface area contributed by atoms with Gasteiger partial charge >= 0.3 is 5.97 Å². The maximum absolute atomic E-state index is 12.2. The van der Waals surface area contributed by atoms with Crippen molar-refractivity contribution < 1.29 is 19.5 Å². The van der Waals surface area contributed by atoms with Gasteiger partial charge in [0.2, 0.25) is 5.91 Å². The number of nitriles is 1. The van der Waals surface area contributed by atoms with Crippen LogP contribution in [0.25, 0.3) is 0 Å². The highest BCUT2D eigenvalue weighted by Gasteiger charge is 2.18. The molecule has 0 spiro atoms. The molecule has 8 heteroatoms. The number of anilines is 1. The second-order valence-electron chi connectivity index (χ2n) is 5.53. The van der Waals surface area contributed by atoms with Gasteiger partial charge in [-0.1, -0.05) is 0 Å². The van der Waals surface area contributed by atoms with E-state index in [4.69, 9.17) is 5.11 Å². The van der Waals surface area contributed by atoms with Gasteiger partial charge in [-0.15, -0.1) is 0 Å². The molecule has 8 nitrogen and oxygen atoms in total. The molecule has 130 valence electrons. The number of rotatable bonds is 4. The third-order valence-electron chi connectivity index (χ3n) is 3.83. The van der Waals surface area contributed by atoms with E-state index in [0.717, 1.165) is 0 Å². The lowest BCUT2D eigenvalue weighted by Crippen LogP contribution is -2.46. The molecule has 25 heavy (non-hydrogen) atoms. The van der Waals surface area contributed by atoms with Crippen LogP contribution >= 0.6 is 0 Å². The molecule has 0 bridgehead atoms. The fraction of sp³-hybridized carbons (Fsp3) is 0.294. The average Bonchev–Trinajstić information content (AvgIpc) is 2.60. The Balaban J connectivity index is 2.00. The number of carbonyl (C=O) groups is 3. The maximum Gasteiger partial charge on any atom is 0.335 e. The monoisotopic (exact) mass is 342 g/mol. The summed E-state index contributed by atoms with van der Waals surface area (Å²) >= 11 is 0. The van der Waals surface area contributed by atoms with Gasteiger partial charge in [-0.3, -0.25) is 9.59 Å². The zero-order chi connectivity index (χ0) is 18.4. The summed E-state index contributed by atoms with van der Waals surface area (Å²) in [6, 6.07) is 7.53. The van der Waals surface area contributed by atoms with Crippen LogP contribution in [0.1, 0.15) is 17.3 Å². The largest absolute Gasteiger partial charge is 0.478 e. The van der Waals surface area contributed by atoms with Crippen molar-refractivity contribution in [2.75, 3.05) is 31.5 Å². The highest BCUT2D eigenvalue weighted by atomic mass is 16.4. The summed E-state index contributed by atoms with van der Waals surface area (Å²) in [5.41, 5.74) is 0.452. The normalized spacial score (nSPS) is 14.6. The van der Waals surface area contributed by atoms with Gasteiger partial charge in [0.25, 0.3) is 5.91 Å². The second kappa shape index (κ2) is 7.97. The van der Waals surface area contributed by atoms with E-state index in [1.165, 1.54) is 37.4 Å². The number of nitrogens with zero attached hydrogens (tertiary/aromatic N) is 3. The minimum absolute atomic E-state index is 0.00619. The van der Waals surface area contributed by atoms with Crippen LogP contribution in [-0.2, 0) is 9.59 Å². The summed E-state index contributed by atoms with van der Waals surface area (Å²) in [7, 11) is 0. The van der Waals surface area contributed by atoms with Crippen LogP contribution < -0.4 is 5.32 Å². The molecule has 0 aromatic heterocycles. The summed E-state index contributed by atoms with van der Waals surface area (Å²) in [6.45, 7) is 3.69. The zero-order valence-electron chi connectivity index (χ0n) is 13.7. The Labute approximate surface area is 144 Å². The number of nitrogens with one attached hydrogen (secondary N) is 1. The van der Waals surface area contributed by atoms with Crippen molar-refractivity contribution in [3.05, 3.63) is 41.6 Å². The van der Waals surface area contributed by atoms with Gasteiger partial charge in [0, 0.05) is 45.0 Å². The molecular weight excluding hydrogens is 324 g/mol. The van der Waals surface area contributed by atoms with Gasteiger partial charge in [-0.25, -0.2) is 4.79 Å². The van der Waals surface area contributed by atoms with E-state index < -0.39 is 11.9 Å². The first-order valence-corrected chi connectivity index (χ1v) is 7.67. The number of carbonyl (C=O) groups excluding carboxylic acids is 2. The zero-order valence-corrected chi connectivity index (χ0v) is 13.7. The average molecular weight is 342 g/mol. The molecule has 2 amide bonds. The Morgan fingerprint density at radius 3 is 2.24 bits per heavy atom. The minimum Gasteiger partial charge on any atom is -0.478 e. The van der Waals surface area contributed by atoms with E-state index in [1.807, 2.05) is 11.0 Å². The van der Waals surface area contributed by atoms with Crippen LogP contribution in [0, 0.1) is 11.3 Å². The lowest BCUT2D eigenvalue weighted by molar-refractivity contribution is -0.130. The van der Waals surface area contributed by atoms with Crippen LogP contribution in [0.5, 0.6) is 0 Å². The summed E-state index contributed by atoms with van der Waals surface area (Å²) in [5.74, 6) is -1.62. The number of amides is 2. The van der Waals surface area contributed by atoms with E-state index in [0.29, 0.717) is 31.9 Å². The fourth-order valence-corrected chi connectivity index (χ4v) is 2.38. The van der Waals surface area contributed by atoms with E-state index >= 15 is 0 Å². The molecule has 0 unspecified atom stereocenters. The number of benzene rings is 1. The Morgan fingerprint density at radius 1 is 1.16 bits per heavy atom. The molecular formula is C17H18N4O4. The third-order valence-corrected chi connectivity index (χ3v) is 3.83. The van der Waals surface area contributed by atoms with Crippen molar-refractivity contribution in [1.82, 2.24) is 9.80 Å². The van der Waals surface area contributed by atoms with Crippen LogP contribution in [0.2, 0.25) is 0 Å². The molecule has 0 aliphatic carbocycles. The SMILES string of the molecule is CC(=O)N1CCN(/C=C(/C#N)C(=O)Nc2ccc(C(=O)O)cc2)CC1. The standard InChI is InChI=1S/C17H18N4O4/c1-12(22)21-8-6-20(7-9-21)11-14(10-18)16(23)19-15-4-2-13(3-5-15)17(24)25/h2-5,11H,6-9H2,1H3,(H,19,23)(H,24,25)/b14-11-. The Kier molecular flexibility index (Phi) is 5.74. The van der Waals surface area contributed by atoms with Crippen molar-refractivity contribution in [3.63, 3.8) is 0 Å². The quantitative estimate of drug-likeness (QED) is 0.621. The Hall–Kier alpha value is -3.34. The first-order chi connectivity index (χ1) is 11.9. The number of piperazine rings is 1. The topological polar surface area (TPSA) is 114 Å². The van der Waals surface area contributed by atoms with Crippen molar-refractivity contribution in [2.45, 2.75) is 6.92 Å². The predicted molar refractivity (Wildman–Crippen MR) is 89.6 cm³/mol. The predicted octanol–water partition coefficient (Wildman–Crippen LogP) is 0.895. The molecule has 2 N–H and O–H groups in total. The van der Waals surface area contributed by atoms with Gasteiger partial charge in [-0.2, -0.15) is 5.26 Å². The molecule has 1 aliphatic heterocycles. The number of aromatic carboxylic acids is 1. The lowest BCUT2D eigenvalue weighted by atomic mass is 10.2. The Morgan fingerprint density at radius 2 is 1.76 bits per heavy atom. The molecule has 0 radical (unpaired) electrons. The van der Waals surface area contributed by atoms with Crippen LogP contribution in [0.4, 0.5) is 5.69 Å². The molecule has 1 saturated heterocycles. The molecule has 1 aromatic carbocycles. The van der Waals surface area contributed by atoms with E-state index in [2.05, 4.69) is 5.32 Å². The van der Waals surface area contributed by atoms with E-state index in [9.17, 15) is 19.6 Å². The van der Waals surface area contributed by atoms with Crippen LogP contribution in [0.3, 0.4) is 0 Å². The summed E-state index contributed by atoms with van der Waals surface area (Å²) < 4.78 is 0. The number of hydrogen-bond acceptors (Lipinski definition) is 5. The molecule has 2 rings (SSSR count). The van der Waals surface area contributed by atoms with E-state index in [1.54, 1.807) is 4.90 Å². The lowest BCUT2D eigenvalue weighted by Gasteiger charge is -2.33. The molecule has 0 saturated carbocycles. The summed E-state index contributed by atoms with van der Waals surface area (Å²) in [5, 5.41) is 20.6. The second-order valence-corrected chi connectivity index (χ2v) is 5.53. The van der Waals surface area contributed by atoms with Crippen LogP contribution in [0.15, 0.2) is 36.0 Å². The van der Waals surface area contributed by atoms with Crippen LogP contribution in [-0.4, -0.2) is 58.9 Å². The first-order valence-electron chi connectivity index (χ1n) is 7.67. The first kappa shape index (κ1) is 18.0. The minimum atomic E-state index is -1.06. The molecule has 1 fully saturated rings. The molecule has 0 atom stereocenters. The van der Waals surface area contributed by atoms with Gasteiger partial charge in [-0.05, 0) is 24.3 Å². The number of hydrogen-bond donors (Lipinski definition) is 2. The van der Waals surface area contributed by atoms with Gasteiger partial charge in [0.15, 0.2) is 0 Å². The molecule has 1 heterocycles. The number of carboxylic acids is 1. The van der Waals surface area contributed by atoms with Crippen molar-refractivity contribution >= 4 is 23.5 Å². The van der Waals surface area contributed by atoms with E-state index in [-0.39, 0.29) is 17.0 Å². The fourth-order valence-electron chi connectivity index (χ4n) is 2.38. The van der Waals surface area contributed by atoms with Gasteiger partial charge in [0.1, 0.15) is 11.6 Å². The maximum atomic E-state index is 12.2. The molecule has 1 aromatic rings. The highest BCUT2D eigenvalue weighted by Crippen LogP contribution is 2.12. The highest BCUT2D eigenvalue weighted by molar-refractivity contribution is 6.06. The van der Waals surface area contributed by atoms with Crippen molar-refractivity contribution in [3.8, 4) is 6.07 Å². The van der Waals surface area contributed by atoms with Gasteiger partial charge in [0.05, 0.1) is 5.56 Å². The smallest absolute Gasteiger partial charge is 0.335 e.